The monoisotopic (exact) mass is 375 g/mol. The number of rotatable bonds is 7. The Bertz CT molecular complexity index is 862. The molecule has 1 heterocycles. The average molecular weight is 375 g/mol. The predicted molar refractivity (Wildman–Crippen MR) is 113 cm³/mol. The lowest BCUT2D eigenvalue weighted by molar-refractivity contribution is 0.211. The molecule has 0 radical (unpaired) electrons. The van der Waals surface area contributed by atoms with E-state index in [1.165, 1.54) is 5.56 Å². The molecule has 7 nitrogen and oxygen atoms in total. The zero-order valence-electron chi connectivity index (χ0n) is 15.7. The molecule has 1 fully saturated rings. The van der Waals surface area contributed by atoms with Gasteiger partial charge in [0.05, 0.1) is 11.4 Å². The van der Waals surface area contributed by atoms with E-state index in [2.05, 4.69) is 45.0 Å². The van der Waals surface area contributed by atoms with Crippen molar-refractivity contribution >= 4 is 22.9 Å². The fourth-order valence-electron chi connectivity index (χ4n) is 3.27. The average Bonchev–Trinajstić information content (AvgIpc) is 2.71. The Labute approximate surface area is 165 Å². The van der Waals surface area contributed by atoms with Gasteiger partial charge in [-0.3, -0.25) is 15.7 Å². The number of anilines is 2. The second-order valence-electron chi connectivity index (χ2n) is 6.82. The molecule has 28 heavy (non-hydrogen) atoms. The summed E-state index contributed by atoms with van der Waals surface area (Å²) in [6.45, 7) is 3.08. The lowest BCUT2D eigenvalue weighted by Gasteiger charge is -2.33. The lowest BCUT2D eigenvalue weighted by Crippen LogP contribution is -2.38. The minimum Gasteiger partial charge on any atom is -0.382 e. The molecular weight excluding hydrogens is 350 g/mol. The fraction of sp³-hybridized carbons (Fsp3) is 0.286. The van der Waals surface area contributed by atoms with Crippen LogP contribution >= 0.6 is 0 Å². The third kappa shape index (κ3) is 5.32. The van der Waals surface area contributed by atoms with Crippen molar-refractivity contribution in [2.75, 3.05) is 23.8 Å². The number of para-hydroxylation sites is 2. The van der Waals surface area contributed by atoms with Gasteiger partial charge in [0.1, 0.15) is 6.07 Å². The van der Waals surface area contributed by atoms with Crippen LogP contribution in [0.2, 0.25) is 0 Å². The highest BCUT2D eigenvalue weighted by atomic mass is 15.3. The fourth-order valence-corrected chi connectivity index (χ4v) is 3.27. The molecule has 0 aliphatic carbocycles. The van der Waals surface area contributed by atoms with Crippen LogP contribution in [0.5, 0.6) is 0 Å². The van der Waals surface area contributed by atoms with Crippen molar-refractivity contribution in [3.63, 3.8) is 0 Å². The normalized spacial score (nSPS) is 15.6. The van der Waals surface area contributed by atoms with Gasteiger partial charge in [0, 0.05) is 25.7 Å². The second kappa shape index (κ2) is 9.53. The van der Waals surface area contributed by atoms with E-state index in [0.29, 0.717) is 6.04 Å². The van der Waals surface area contributed by atoms with Crippen LogP contribution in [0.15, 0.2) is 59.7 Å². The summed E-state index contributed by atoms with van der Waals surface area (Å²) in [6.07, 6.45) is 2.11. The van der Waals surface area contributed by atoms with Gasteiger partial charge >= 0.3 is 0 Å². The molecule has 0 unspecified atom stereocenters. The van der Waals surface area contributed by atoms with Gasteiger partial charge in [-0.05, 0) is 30.5 Å². The van der Waals surface area contributed by atoms with Crippen LogP contribution in [-0.2, 0) is 6.54 Å². The molecule has 3 rings (SSSR count). The number of nitriles is 1. The topological polar surface area (TPSA) is 113 Å². The van der Waals surface area contributed by atoms with Crippen molar-refractivity contribution in [1.29, 1.82) is 10.7 Å². The first-order valence-corrected chi connectivity index (χ1v) is 9.35. The Morgan fingerprint density at radius 3 is 2.39 bits per heavy atom. The van der Waals surface area contributed by atoms with Crippen LogP contribution in [0.25, 0.3) is 0 Å². The van der Waals surface area contributed by atoms with Gasteiger partial charge in [0.25, 0.3) is 0 Å². The van der Waals surface area contributed by atoms with Crippen LogP contribution in [0.3, 0.4) is 0 Å². The summed E-state index contributed by atoms with van der Waals surface area (Å²) < 4.78 is 0. The SMILES string of the molecule is N#C/C(=N\Nc1ccccc1NC1CCN(Cc2ccccc2)CC1)C(=N)N. The highest BCUT2D eigenvalue weighted by Gasteiger charge is 2.19. The molecule has 0 bridgehead atoms. The van der Waals surface area contributed by atoms with Crippen molar-refractivity contribution in [2.24, 2.45) is 10.8 Å². The van der Waals surface area contributed by atoms with Crippen molar-refractivity contribution in [2.45, 2.75) is 25.4 Å². The first-order valence-electron chi connectivity index (χ1n) is 9.35. The predicted octanol–water partition coefficient (Wildman–Crippen LogP) is 2.99. The number of amidine groups is 1. The Morgan fingerprint density at radius 2 is 1.75 bits per heavy atom. The van der Waals surface area contributed by atoms with Gasteiger partial charge in [0.2, 0.25) is 5.71 Å². The Morgan fingerprint density at radius 1 is 1.11 bits per heavy atom. The van der Waals surface area contributed by atoms with E-state index in [9.17, 15) is 0 Å². The number of nitrogens with zero attached hydrogens (tertiary/aromatic N) is 3. The van der Waals surface area contributed by atoms with Gasteiger partial charge in [-0.1, -0.05) is 42.5 Å². The molecule has 0 amide bonds. The van der Waals surface area contributed by atoms with Crippen LogP contribution in [0.1, 0.15) is 18.4 Å². The first-order chi connectivity index (χ1) is 13.7. The summed E-state index contributed by atoms with van der Waals surface area (Å²) in [5.74, 6) is -0.355. The number of hydrogen-bond acceptors (Lipinski definition) is 6. The number of hydrazone groups is 1. The number of nitrogens with one attached hydrogen (secondary N) is 3. The van der Waals surface area contributed by atoms with E-state index in [1.54, 1.807) is 0 Å². The van der Waals surface area contributed by atoms with Crippen molar-refractivity contribution in [3.05, 3.63) is 60.2 Å². The summed E-state index contributed by atoms with van der Waals surface area (Å²) in [6, 6.07) is 20.5. The highest BCUT2D eigenvalue weighted by molar-refractivity contribution is 6.45. The van der Waals surface area contributed by atoms with Gasteiger partial charge in [-0.25, -0.2) is 0 Å². The molecule has 1 saturated heterocycles. The molecule has 1 aliphatic heterocycles. The lowest BCUT2D eigenvalue weighted by atomic mass is 10.0. The largest absolute Gasteiger partial charge is 0.382 e. The molecule has 0 saturated carbocycles. The third-order valence-corrected chi connectivity index (χ3v) is 4.77. The minimum atomic E-state index is -0.355. The maximum atomic E-state index is 8.97. The molecule has 2 aromatic carbocycles. The van der Waals surface area contributed by atoms with Crippen LogP contribution in [-0.4, -0.2) is 35.6 Å². The molecular formula is C21H25N7. The molecule has 1 aliphatic rings. The number of nitrogens with two attached hydrogens (primary N) is 1. The minimum absolute atomic E-state index is 0.135. The quantitative estimate of drug-likeness (QED) is 0.337. The van der Waals surface area contributed by atoms with Crippen LogP contribution in [0.4, 0.5) is 11.4 Å². The maximum Gasteiger partial charge on any atom is 0.201 e. The summed E-state index contributed by atoms with van der Waals surface area (Å²) in [5, 5.41) is 23.8. The van der Waals surface area contributed by atoms with E-state index in [4.69, 9.17) is 16.4 Å². The summed E-state index contributed by atoms with van der Waals surface area (Å²) >= 11 is 0. The van der Waals surface area contributed by atoms with E-state index in [1.807, 2.05) is 36.4 Å². The van der Waals surface area contributed by atoms with Crippen molar-refractivity contribution < 1.29 is 0 Å². The summed E-state index contributed by atoms with van der Waals surface area (Å²) in [7, 11) is 0. The zero-order chi connectivity index (χ0) is 19.8. The van der Waals surface area contributed by atoms with Gasteiger partial charge < -0.3 is 11.1 Å². The molecule has 7 heteroatoms. The second-order valence-corrected chi connectivity index (χ2v) is 6.82. The standard InChI is InChI=1S/C21H25N7/c22-14-20(21(23)24)27-26-19-9-5-4-8-18(19)25-17-10-12-28(13-11-17)15-16-6-2-1-3-7-16/h1-9,17,25-26H,10-13,15H2,(H3,23,24)/b27-20+. The molecule has 144 valence electrons. The highest BCUT2D eigenvalue weighted by Crippen LogP contribution is 2.25. The van der Waals surface area contributed by atoms with E-state index < -0.39 is 0 Å². The van der Waals surface area contributed by atoms with E-state index in [-0.39, 0.29) is 11.5 Å². The number of hydrogen-bond donors (Lipinski definition) is 4. The Balaban J connectivity index is 1.57. The Kier molecular flexibility index (Phi) is 6.60. The van der Waals surface area contributed by atoms with Gasteiger partial charge in [0.15, 0.2) is 5.84 Å². The van der Waals surface area contributed by atoms with Crippen molar-refractivity contribution in [3.8, 4) is 6.07 Å². The number of likely N-dealkylation sites (tertiary alicyclic amines) is 1. The Hall–Kier alpha value is -3.37. The van der Waals surface area contributed by atoms with Gasteiger partial charge in [-0.2, -0.15) is 10.4 Å². The van der Waals surface area contributed by atoms with Crippen LogP contribution in [0, 0.1) is 16.7 Å². The summed E-state index contributed by atoms with van der Waals surface area (Å²) in [5.41, 5.74) is 11.1. The molecule has 0 atom stereocenters. The number of piperidine rings is 1. The van der Waals surface area contributed by atoms with Crippen molar-refractivity contribution in [1.82, 2.24) is 4.90 Å². The zero-order valence-corrected chi connectivity index (χ0v) is 15.7. The maximum absolute atomic E-state index is 8.97. The molecule has 2 aromatic rings. The summed E-state index contributed by atoms with van der Waals surface area (Å²) in [4.78, 5) is 2.48. The molecule has 0 aromatic heterocycles. The third-order valence-electron chi connectivity index (χ3n) is 4.77. The van der Waals surface area contributed by atoms with E-state index in [0.717, 1.165) is 43.9 Å². The first kappa shape index (κ1) is 19.4. The van der Waals surface area contributed by atoms with Gasteiger partial charge in [-0.15, -0.1) is 0 Å². The van der Waals surface area contributed by atoms with E-state index >= 15 is 0 Å². The number of benzene rings is 2. The molecule has 0 spiro atoms. The van der Waals surface area contributed by atoms with Crippen LogP contribution < -0.4 is 16.5 Å². The smallest absolute Gasteiger partial charge is 0.201 e. The molecule has 5 N–H and O–H groups in total.